The summed E-state index contributed by atoms with van der Waals surface area (Å²) in [6.45, 7) is 0.796. The molecule has 4 heteroatoms. The average molecular weight is 256 g/mol. The third-order valence-corrected chi connectivity index (χ3v) is 3.45. The predicted octanol–water partition coefficient (Wildman–Crippen LogP) is 2.54. The second-order valence-electron chi connectivity index (χ2n) is 5.07. The number of hydrogen-bond acceptors (Lipinski definition) is 3. The summed E-state index contributed by atoms with van der Waals surface area (Å²) in [7, 11) is 0. The summed E-state index contributed by atoms with van der Waals surface area (Å²) in [4.78, 5) is 17.3. The lowest BCUT2D eigenvalue weighted by molar-refractivity contribution is -0.135. The Labute approximate surface area is 111 Å². The van der Waals surface area contributed by atoms with Crippen molar-refractivity contribution in [3.8, 4) is 0 Å². The van der Waals surface area contributed by atoms with E-state index >= 15 is 0 Å². The molecular formula is C15H16N2O2. The van der Waals surface area contributed by atoms with Crippen LogP contribution in [0.3, 0.4) is 0 Å². The molecule has 0 atom stereocenters. The van der Waals surface area contributed by atoms with Crippen molar-refractivity contribution in [2.75, 3.05) is 18.0 Å². The van der Waals surface area contributed by atoms with E-state index in [9.17, 15) is 4.79 Å². The summed E-state index contributed by atoms with van der Waals surface area (Å²) in [6.07, 6.45) is 4.14. The van der Waals surface area contributed by atoms with Crippen LogP contribution in [0.15, 0.2) is 36.5 Å². The molecule has 1 saturated carbocycles. The summed E-state index contributed by atoms with van der Waals surface area (Å²) >= 11 is 0. The molecule has 1 heterocycles. The number of rotatable bonds is 5. The van der Waals surface area contributed by atoms with Gasteiger partial charge in [0.15, 0.2) is 0 Å². The molecule has 98 valence electrons. The van der Waals surface area contributed by atoms with Gasteiger partial charge < -0.3 is 10.0 Å². The molecule has 19 heavy (non-hydrogen) atoms. The number of fused-ring (bicyclic) bond motifs is 1. The highest BCUT2D eigenvalue weighted by Gasteiger charge is 2.26. The van der Waals surface area contributed by atoms with Gasteiger partial charge in [-0.3, -0.25) is 4.79 Å². The van der Waals surface area contributed by atoms with Crippen molar-refractivity contribution < 1.29 is 9.90 Å². The minimum Gasteiger partial charge on any atom is -0.480 e. The van der Waals surface area contributed by atoms with Gasteiger partial charge in [-0.15, -0.1) is 0 Å². The second-order valence-corrected chi connectivity index (χ2v) is 5.07. The molecule has 0 spiro atoms. The third kappa shape index (κ3) is 2.67. The molecule has 1 fully saturated rings. The molecule has 1 aromatic heterocycles. The van der Waals surface area contributed by atoms with Gasteiger partial charge in [0.25, 0.3) is 0 Å². The van der Waals surface area contributed by atoms with Gasteiger partial charge in [-0.1, -0.05) is 24.3 Å². The van der Waals surface area contributed by atoms with Crippen LogP contribution < -0.4 is 4.90 Å². The maximum Gasteiger partial charge on any atom is 0.323 e. The molecule has 1 aliphatic rings. The fourth-order valence-electron chi connectivity index (χ4n) is 2.36. The average Bonchev–Trinajstić information content (AvgIpc) is 3.21. The van der Waals surface area contributed by atoms with Gasteiger partial charge in [-0.2, -0.15) is 0 Å². The molecule has 0 unspecified atom stereocenters. The smallest absolute Gasteiger partial charge is 0.323 e. The Bertz CT molecular complexity index is 603. The summed E-state index contributed by atoms with van der Waals surface area (Å²) in [5, 5.41) is 11.2. The number of nitrogens with zero attached hydrogens (tertiary/aromatic N) is 2. The van der Waals surface area contributed by atoms with Crippen LogP contribution in [0.25, 0.3) is 10.8 Å². The summed E-state index contributed by atoms with van der Waals surface area (Å²) in [5.74, 6) is 0.600. The van der Waals surface area contributed by atoms with Gasteiger partial charge >= 0.3 is 5.97 Å². The van der Waals surface area contributed by atoms with Crippen molar-refractivity contribution in [2.45, 2.75) is 12.8 Å². The zero-order valence-electron chi connectivity index (χ0n) is 10.6. The molecular weight excluding hydrogens is 240 g/mol. The Morgan fingerprint density at radius 1 is 1.32 bits per heavy atom. The minimum atomic E-state index is -0.810. The molecule has 0 aliphatic heterocycles. The van der Waals surface area contributed by atoms with E-state index in [1.807, 2.05) is 35.2 Å². The van der Waals surface area contributed by atoms with Gasteiger partial charge in [0.1, 0.15) is 12.4 Å². The number of hydrogen-bond donors (Lipinski definition) is 1. The van der Waals surface area contributed by atoms with Crippen LogP contribution in [0, 0.1) is 5.92 Å². The van der Waals surface area contributed by atoms with Crippen LogP contribution in [-0.4, -0.2) is 29.1 Å². The van der Waals surface area contributed by atoms with Crippen molar-refractivity contribution in [3.05, 3.63) is 36.5 Å². The molecule has 0 amide bonds. The van der Waals surface area contributed by atoms with E-state index < -0.39 is 5.97 Å². The van der Waals surface area contributed by atoms with E-state index in [-0.39, 0.29) is 6.54 Å². The van der Waals surface area contributed by atoms with E-state index in [2.05, 4.69) is 4.98 Å². The van der Waals surface area contributed by atoms with Crippen molar-refractivity contribution in [2.24, 2.45) is 5.92 Å². The van der Waals surface area contributed by atoms with E-state index in [1.54, 1.807) is 6.20 Å². The van der Waals surface area contributed by atoms with Crippen LogP contribution in [0.1, 0.15) is 12.8 Å². The van der Waals surface area contributed by atoms with Crippen LogP contribution in [0.2, 0.25) is 0 Å². The number of carbonyl (C=O) groups is 1. The lowest BCUT2D eigenvalue weighted by Gasteiger charge is -2.23. The van der Waals surface area contributed by atoms with E-state index in [1.165, 1.54) is 12.8 Å². The molecule has 3 rings (SSSR count). The number of anilines is 1. The first-order chi connectivity index (χ1) is 9.24. The topological polar surface area (TPSA) is 53.4 Å². The lowest BCUT2D eigenvalue weighted by atomic mass is 10.1. The standard InChI is InChI=1S/C15H16N2O2/c18-14(19)10-17(9-11-5-6-11)15-13-4-2-1-3-12(13)7-8-16-15/h1-4,7-8,11H,5-6,9-10H2,(H,18,19). The number of carboxylic acid groups (broad SMARTS) is 1. The molecule has 0 bridgehead atoms. The normalized spacial score (nSPS) is 14.5. The zero-order chi connectivity index (χ0) is 13.2. The van der Waals surface area contributed by atoms with Crippen LogP contribution >= 0.6 is 0 Å². The number of pyridine rings is 1. The monoisotopic (exact) mass is 256 g/mol. The SMILES string of the molecule is O=C(O)CN(CC1CC1)c1nccc2ccccc12. The quantitative estimate of drug-likeness (QED) is 0.893. The summed E-state index contributed by atoms with van der Waals surface area (Å²) in [6, 6.07) is 9.92. The Hall–Kier alpha value is -2.10. The first-order valence-corrected chi connectivity index (χ1v) is 6.54. The van der Waals surface area contributed by atoms with Crippen molar-refractivity contribution in [1.82, 2.24) is 4.98 Å². The Kier molecular flexibility index (Phi) is 3.07. The first-order valence-electron chi connectivity index (χ1n) is 6.54. The number of carboxylic acids is 1. The Balaban J connectivity index is 2.00. The highest BCUT2D eigenvalue weighted by atomic mass is 16.4. The molecule has 1 N–H and O–H groups in total. The number of aromatic nitrogens is 1. The largest absolute Gasteiger partial charge is 0.480 e. The fourth-order valence-corrected chi connectivity index (χ4v) is 2.36. The highest BCUT2D eigenvalue weighted by Crippen LogP contribution is 2.32. The van der Waals surface area contributed by atoms with Crippen molar-refractivity contribution in [1.29, 1.82) is 0 Å². The highest BCUT2D eigenvalue weighted by molar-refractivity contribution is 5.93. The lowest BCUT2D eigenvalue weighted by Crippen LogP contribution is -2.32. The van der Waals surface area contributed by atoms with Crippen LogP contribution in [0.5, 0.6) is 0 Å². The minimum absolute atomic E-state index is 0.0114. The van der Waals surface area contributed by atoms with Crippen molar-refractivity contribution in [3.63, 3.8) is 0 Å². The van der Waals surface area contributed by atoms with E-state index in [4.69, 9.17) is 5.11 Å². The van der Waals surface area contributed by atoms with Gasteiger partial charge in [-0.05, 0) is 30.2 Å². The fraction of sp³-hybridized carbons (Fsp3) is 0.333. The molecule has 0 radical (unpaired) electrons. The molecule has 1 aliphatic carbocycles. The summed E-state index contributed by atoms with van der Waals surface area (Å²) in [5.41, 5.74) is 0. The zero-order valence-corrected chi connectivity index (χ0v) is 10.6. The van der Waals surface area contributed by atoms with Crippen LogP contribution in [0.4, 0.5) is 5.82 Å². The maximum absolute atomic E-state index is 11.1. The number of benzene rings is 1. The Morgan fingerprint density at radius 2 is 2.11 bits per heavy atom. The predicted molar refractivity (Wildman–Crippen MR) is 74.3 cm³/mol. The first kappa shape index (κ1) is 12.0. The summed E-state index contributed by atoms with van der Waals surface area (Å²) < 4.78 is 0. The van der Waals surface area contributed by atoms with Gasteiger partial charge in [0, 0.05) is 18.1 Å². The molecule has 2 aromatic rings. The third-order valence-electron chi connectivity index (χ3n) is 3.45. The number of aliphatic carboxylic acids is 1. The van der Waals surface area contributed by atoms with E-state index in [0.29, 0.717) is 5.92 Å². The van der Waals surface area contributed by atoms with Gasteiger partial charge in [0.05, 0.1) is 0 Å². The van der Waals surface area contributed by atoms with Gasteiger partial charge in [-0.25, -0.2) is 4.98 Å². The molecule has 4 nitrogen and oxygen atoms in total. The maximum atomic E-state index is 11.1. The molecule has 1 aromatic carbocycles. The Morgan fingerprint density at radius 3 is 2.84 bits per heavy atom. The van der Waals surface area contributed by atoms with Crippen molar-refractivity contribution >= 4 is 22.6 Å². The van der Waals surface area contributed by atoms with Gasteiger partial charge in [0.2, 0.25) is 0 Å². The van der Waals surface area contributed by atoms with Crippen LogP contribution in [-0.2, 0) is 4.79 Å². The second kappa shape index (κ2) is 4.88. The van der Waals surface area contributed by atoms with E-state index in [0.717, 1.165) is 23.1 Å². The molecule has 0 saturated heterocycles.